The van der Waals surface area contributed by atoms with Gasteiger partial charge in [-0.25, -0.2) is 4.79 Å². The summed E-state index contributed by atoms with van der Waals surface area (Å²) >= 11 is 12.1. The smallest absolute Gasteiger partial charge is 0.331 e. The van der Waals surface area contributed by atoms with E-state index < -0.39 is 5.97 Å². The second-order valence-corrected chi connectivity index (χ2v) is 6.60. The van der Waals surface area contributed by atoms with Crippen LogP contribution in [0.15, 0.2) is 42.5 Å². The molecule has 6 heteroatoms. The minimum absolute atomic E-state index is 0.374. The van der Waals surface area contributed by atoms with Crippen LogP contribution in [0.1, 0.15) is 30.5 Å². The van der Waals surface area contributed by atoms with Gasteiger partial charge >= 0.3 is 5.97 Å². The molecule has 1 amide bonds. The molecule has 0 aliphatic carbocycles. The highest BCUT2D eigenvalue weighted by Crippen LogP contribution is 2.25. The number of carbonyl (C=O) groups is 2. The van der Waals surface area contributed by atoms with Crippen molar-refractivity contribution in [3.05, 3.63) is 69.2 Å². The van der Waals surface area contributed by atoms with E-state index in [0.717, 1.165) is 29.7 Å². The summed E-state index contributed by atoms with van der Waals surface area (Å²) in [6, 6.07) is 11.0. The normalized spacial score (nSPS) is 10.8. The Hall–Kier alpha value is -2.30. The van der Waals surface area contributed by atoms with Crippen LogP contribution in [0.5, 0.6) is 0 Å². The topological polar surface area (TPSA) is 55.4 Å². The molecule has 4 nitrogen and oxygen atoms in total. The summed E-state index contributed by atoms with van der Waals surface area (Å²) in [6.45, 7) is 3.67. The van der Waals surface area contributed by atoms with Crippen LogP contribution in [0, 0.1) is 0 Å². The Labute approximate surface area is 169 Å². The summed E-state index contributed by atoms with van der Waals surface area (Å²) in [5.74, 6) is -1.04. The fraction of sp³-hybridized carbons (Fsp3) is 0.238. The molecule has 0 radical (unpaired) electrons. The first-order valence-electron chi connectivity index (χ1n) is 8.65. The van der Waals surface area contributed by atoms with Gasteiger partial charge in [0.2, 0.25) is 0 Å². The van der Waals surface area contributed by atoms with Gasteiger partial charge in [0.15, 0.2) is 6.61 Å². The van der Waals surface area contributed by atoms with Crippen molar-refractivity contribution in [2.24, 2.45) is 0 Å². The maximum Gasteiger partial charge on any atom is 0.331 e. The number of halogens is 2. The van der Waals surface area contributed by atoms with Gasteiger partial charge in [-0.05, 0) is 42.2 Å². The van der Waals surface area contributed by atoms with Crippen molar-refractivity contribution in [1.82, 2.24) is 0 Å². The number of benzene rings is 2. The third kappa shape index (κ3) is 5.84. The summed E-state index contributed by atoms with van der Waals surface area (Å²) in [7, 11) is 0. The van der Waals surface area contributed by atoms with E-state index in [9.17, 15) is 9.59 Å². The van der Waals surface area contributed by atoms with Crippen LogP contribution in [0.25, 0.3) is 6.08 Å². The minimum atomic E-state index is -0.652. The molecule has 0 heterocycles. The Kier molecular flexibility index (Phi) is 7.89. The van der Waals surface area contributed by atoms with Crippen LogP contribution in [-0.4, -0.2) is 18.5 Å². The first-order valence-corrected chi connectivity index (χ1v) is 9.41. The molecular formula is C21H21Cl2NO3. The lowest BCUT2D eigenvalue weighted by atomic mass is 10.0. The molecule has 0 saturated carbocycles. The monoisotopic (exact) mass is 405 g/mol. The van der Waals surface area contributed by atoms with E-state index in [0.29, 0.717) is 15.6 Å². The molecule has 2 aromatic rings. The number of anilines is 1. The lowest BCUT2D eigenvalue weighted by molar-refractivity contribution is -0.142. The molecule has 0 atom stereocenters. The zero-order valence-corrected chi connectivity index (χ0v) is 16.7. The maximum atomic E-state index is 12.2. The summed E-state index contributed by atoms with van der Waals surface area (Å²) in [6.07, 6.45) is 4.25. The molecule has 0 unspecified atom stereocenters. The Bertz CT molecular complexity index is 820. The standard InChI is InChI=1S/C21H21Cl2NO3/c1-3-14-7-5-8-15(4-2)21(14)24-19(25)13-27-20(26)12-11-16-17(22)9-6-10-18(16)23/h5-12H,3-4,13H2,1-2H3,(H,24,25)/b12-11+. The third-order valence-electron chi connectivity index (χ3n) is 3.99. The number of ether oxygens (including phenoxy) is 1. The Morgan fingerprint density at radius 1 is 1.00 bits per heavy atom. The van der Waals surface area contributed by atoms with Gasteiger partial charge in [-0.2, -0.15) is 0 Å². The van der Waals surface area contributed by atoms with E-state index in [1.165, 1.54) is 12.2 Å². The van der Waals surface area contributed by atoms with Crippen molar-refractivity contribution in [3.8, 4) is 0 Å². The molecule has 0 aromatic heterocycles. The summed E-state index contributed by atoms with van der Waals surface area (Å²) in [5, 5.41) is 3.69. The van der Waals surface area contributed by atoms with Gasteiger partial charge in [0, 0.05) is 27.4 Å². The van der Waals surface area contributed by atoms with Gasteiger partial charge in [0.25, 0.3) is 5.91 Å². The number of esters is 1. The van der Waals surface area contributed by atoms with Crippen molar-refractivity contribution in [1.29, 1.82) is 0 Å². The van der Waals surface area contributed by atoms with Crippen molar-refractivity contribution in [2.75, 3.05) is 11.9 Å². The van der Waals surface area contributed by atoms with E-state index in [2.05, 4.69) is 5.32 Å². The van der Waals surface area contributed by atoms with Crippen molar-refractivity contribution in [2.45, 2.75) is 26.7 Å². The van der Waals surface area contributed by atoms with Crippen LogP contribution in [0.4, 0.5) is 5.69 Å². The SMILES string of the molecule is CCc1cccc(CC)c1NC(=O)COC(=O)/C=C/c1c(Cl)cccc1Cl. The summed E-state index contributed by atoms with van der Waals surface area (Å²) < 4.78 is 5.00. The fourth-order valence-electron chi connectivity index (χ4n) is 2.58. The Morgan fingerprint density at radius 2 is 1.56 bits per heavy atom. The Balaban J connectivity index is 1.96. The average Bonchev–Trinajstić information content (AvgIpc) is 2.66. The number of hydrogen-bond acceptors (Lipinski definition) is 3. The van der Waals surface area contributed by atoms with Gasteiger partial charge in [-0.15, -0.1) is 0 Å². The van der Waals surface area contributed by atoms with Crippen molar-refractivity contribution >= 4 is 46.8 Å². The van der Waals surface area contributed by atoms with E-state index in [1.54, 1.807) is 18.2 Å². The van der Waals surface area contributed by atoms with E-state index >= 15 is 0 Å². The van der Waals surface area contributed by atoms with Gasteiger partial charge in [0.05, 0.1) is 0 Å². The highest BCUT2D eigenvalue weighted by molar-refractivity contribution is 6.37. The van der Waals surface area contributed by atoms with Gasteiger partial charge in [-0.1, -0.05) is 61.3 Å². The first kappa shape index (κ1) is 21.0. The lowest BCUT2D eigenvalue weighted by Gasteiger charge is -2.14. The molecule has 0 saturated heterocycles. The number of amides is 1. The van der Waals surface area contributed by atoms with E-state index in [-0.39, 0.29) is 12.5 Å². The van der Waals surface area contributed by atoms with Crippen LogP contribution >= 0.6 is 23.2 Å². The molecule has 0 spiro atoms. The zero-order valence-electron chi connectivity index (χ0n) is 15.2. The molecule has 0 bridgehead atoms. The number of para-hydroxylation sites is 1. The van der Waals surface area contributed by atoms with Gasteiger partial charge < -0.3 is 10.1 Å². The van der Waals surface area contributed by atoms with E-state index in [4.69, 9.17) is 27.9 Å². The maximum absolute atomic E-state index is 12.2. The molecule has 1 N–H and O–H groups in total. The van der Waals surface area contributed by atoms with Gasteiger partial charge in [0.1, 0.15) is 0 Å². The molecule has 27 heavy (non-hydrogen) atoms. The first-order chi connectivity index (χ1) is 13.0. The second-order valence-electron chi connectivity index (χ2n) is 5.78. The van der Waals surface area contributed by atoms with Crippen LogP contribution in [0.3, 0.4) is 0 Å². The van der Waals surface area contributed by atoms with Crippen LogP contribution in [0.2, 0.25) is 10.0 Å². The summed E-state index contributed by atoms with van der Waals surface area (Å²) in [4.78, 5) is 24.0. The predicted molar refractivity (Wildman–Crippen MR) is 110 cm³/mol. The Morgan fingerprint density at radius 3 is 2.11 bits per heavy atom. The fourth-order valence-corrected chi connectivity index (χ4v) is 3.11. The molecular weight excluding hydrogens is 385 g/mol. The third-order valence-corrected chi connectivity index (χ3v) is 4.65. The number of carbonyl (C=O) groups excluding carboxylic acids is 2. The van der Waals surface area contributed by atoms with Gasteiger partial charge in [-0.3, -0.25) is 4.79 Å². The highest BCUT2D eigenvalue weighted by atomic mass is 35.5. The molecule has 2 rings (SSSR count). The van der Waals surface area contributed by atoms with Crippen molar-refractivity contribution < 1.29 is 14.3 Å². The molecule has 0 aliphatic rings. The van der Waals surface area contributed by atoms with E-state index in [1.807, 2.05) is 32.0 Å². The van der Waals surface area contributed by atoms with Crippen LogP contribution in [-0.2, 0) is 27.2 Å². The number of hydrogen-bond donors (Lipinski definition) is 1. The zero-order chi connectivity index (χ0) is 19.8. The highest BCUT2D eigenvalue weighted by Gasteiger charge is 2.11. The predicted octanol–water partition coefficient (Wildman–Crippen LogP) is 5.31. The van der Waals surface area contributed by atoms with Crippen LogP contribution < -0.4 is 5.32 Å². The number of nitrogens with one attached hydrogen (secondary N) is 1. The lowest BCUT2D eigenvalue weighted by Crippen LogP contribution is -2.21. The second kappa shape index (κ2) is 10.1. The molecule has 142 valence electrons. The average molecular weight is 406 g/mol. The largest absolute Gasteiger partial charge is 0.452 e. The minimum Gasteiger partial charge on any atom is -0.452 e. The molecule has 2 aromatic carbocycles. The summed E-state index contributed by atoms with van der Waals surface area (Å²) in [5.41, 5.74) is 3.40. The quantitative estimate of drug-likeness (QED) is 0.501. The number of rotatable bonds is 7. The molecule has 0 fully saturated rings. The van der Waals surface area contributed by atoms with Crippen molar-refractivity contribution in [3.63, 3.8) is 0 Å². The molecule has 0 aliphatic heterocycles. The number of aryl methyl sites for hydroxylation is 2.